The minimum absolute atomic E-state index is 0.238. The SMILES string of the molecule is CC(O)CCCC#Cc1cc(Br)ccc1N. The lowest BCUT2D eigenvalue weighted by molar-refractivity contribution is 0.182. The molecule has 86 valence electrons. The van der Waals surface area contributed by atoms with Crippen molar-refractivity contribution in [3.05, 3.63) is 28.2 Å². The molecular formula is C13H16BrNO. The molecule has 2 nitrogen and oxygen atoms in total. The first-order chi connectivity index (χ1) is 7.59. The molecule has 0 aliphatic rings. The van der Waals surface area contributed by atoms with Gasteiger partial charge in [-0.05, 0) is 38.0 Å². The number of hydrogen-bond acceptors (Lipinski definition) is 2. The Morgan fingerprint density at radius 2 is 2.25 bits per heavy atom. The van der Waals surface area contributed by atoms with E-state index < -0.39 is 0 Å². The molecule has 0 bridgehead atoms. The molecule has 0 spiro atoms. The number of hydrogen-bond donors (Lipinski definition) is 2. The average Bonchev–Trinajstić information content (AvgIpc) is 2.22. The fraction of sp³-hybridized carbons (Fsp3) is 0.385. The lowest BCUT2D eigenvalue weighted by atomic mass is 10.1. The minimum Gasteiger partial charge on any atom is -0.398 e. The Labute approximate surface area is 105 Å². The summed E-state index contributed by atoms with van der Waals surface area (Å²) < 4.78 is 0.981. The van der Waals surface area contributed by atoms with Crippen molar-refractivity contribution in [3.8, 4) is 11.8 Å². The third-order valence-corrected chi connectivity index (χ3v) is 2.66. The number of aliphatic hydroxyl groups is 1. The summed E-state index contributed by atoms with van der Waals surface area (Å²) >= 11 is 3.38. The van der Waals surface area contributed by atoms with E-state index in [4.69, 9.17) is 10.8 Å². The van der Waals surface area contributed by atoms with Gasteiger partial charge in [-0.3, -0.25) is 0 Å². The van der Waals surface area contributed by atoms with E-state index >= 15 is 0 Å². The summed E-state index contributed by atoms with van der Waals surface area (Å²) in [4.78, 5) is 0. The lowest BCUT2D eigenvalue weighted by Gasteiger charge is -2.00. The molecule has 0 saturated carbocycles. The smallest absolute Gasteiger partial charge is 0.0512 e. The van der Waals surface area contributed by atoms with Crippen molar-refractivity contribution in [1.29, 1.82) is 0 Å². The molecule has 1 aromatic carbocycles. The summed E-state index contributed by atoms with van der Waals surface area (Å²) in [7, 11) is 0. The van der Waals surface area contributed by atoms with Gasteiger partial charge in [0.2, 0.25) is 0 Å². The van der Waals surface area contributed by atoms with E-state index in [0.29, 0.717) is 5.69 Å². The van der Waals surface area contributed by atoms with Crippen molar-refractivity contribution in [2.75, 3.05) is 5.73 Å². The predicted octanol–water partition coefficient (Wildman–Crippen LogP) is 2.93. The van der Waals surface area contributed by atoms with Crippen molar-refractivity contribution in [1.82, 2.24) is 0 Å². The molecule has 0 saturated heterocycles. The van der Waals surface area contributed by atoms with Gasteiger partial charge in [0.05, 0.1) is 6.10 Å². The highest BCUT2D eigenvalue weighted by molar-refractivity contribution is 9.10. The zero-order valence-electron chi connectivity index (χ0n) is 9.33. The van der Waals surface area contributed by atoms with Gasteiger partial charge in [-0.25, -0.2) is 0 Å². The molecule has 0 fully saturated rings. The lowest BCUT2D eigenvalue weighted by Crippen LogP contribution is -1.97. The molecular weight excluding hydrogens is 266 g/mol. The second-order valence-corrected chi connectivity index (χ2v) is 4.69. The van der Waals surface area contributed by atoms with Crippen molar-refractivity contribution >= 4 is 21.6 Å². The van der Waals surface area contributed by atoms with E-state index in [2.05, 4.69) is 27.8 Å². The van der Waals surface area contributed by atoms with Crippen LogP contribution in [0.1, 0.15) is 31.7 Å². The largest absolute Gasteiger partial charge is 0.398 e. The molecule has 1 unspecified atom stereocenters. The second kappa shape index (κ2) is 6.57. The number of anilines is 1. The van der Waals surface area contributed by atoms with E-state index in [9.17, 15) is 0 Å². The third kappa shape index (κ3) is 4.69. The molecule has 0 radical (unpaired) electrons. The van der Waals surface area contributed by atoms with Crippen molar-refractivity contribution in [3.63, 3.8) is 0 Å². The van der Waals surface area contributed by atoms with Crippen LogP contribution >= 0.6 is 15.9 Å². The Morgan fingerprint density at radius 3 is 2.94 bits per heavy atom. The van der Waals surface area contributed by atoms with Crippen LogP contribution in [0.2, 0.25) is 0 Å². The molecule has 0 heterocycles. The first kappa shape index (κ1) is 13.1. The first-order valence-electron chi connectivity index (χ1n) is 5.31. The zero-order valence-corrected chi connectivity index (χ0v) is 10.9. The van der Waals surface area contributed by atoms with Crippen LogP contribution in [-0.4, -0.2) is 11.2 Å². The van der Waals surface area contributed by atoms with E-state index in [-0.39, 0.29) is 6.10 Å². The fourth-order valence-electron chi connectivity index (χ4n) is 1.28. The van der Waals surface area contributed by atoms with Gasteiger partial charge in [0.15, 0.2) is 0 Å². The van der Waals surface area contributed by atoms with Crippen LogP contribution in [-0.2, 0) is 0 Å². The highest BCUT2D eigenvalue weighted by Crippen LogP contribution is 2.17. The Morgan fingerprint density at radius 1 is 1.50 bits per heavy atom. The minimum atomic E-state index is -0.238. The standard InChI is InChI=1S/C13H16BrNO/c1-10(16)5-3-2-4-6-11-9-12(14)7-8-13(11)15/h7-10,16H,2-3,5,15H2,1H3. The molecule has 1 rings (SSSR count). The molecule has 0 aliphatic carbocycles. The van der Waals surface area contributed by atoms with Crippen LogP contribution in [0.15, 0.2) is 22.7 Å². The molecule has 0 aromatic heterocycles. The molecule has 1 aromatic rings. The molecule has 3 heteroatoms. The maximum absolute atomic E-state index is 9.07. The van der Waals surface area contributed by atoms with Gasteiger partial charge >= 0.3 is 0 Å². The van der Waals surface area contributed by atoms with Gasteiger partial charge in [-0.15, -0.1) is 0 Å². The van der Waals surface area contributed by atoms with E-state index in [1.165, 1.54) is 0 Å². The van der Waals surface area contributed by atoms with Gasteiger partial charge in [0, 0.05) is 22.1 Å². The summed E-state index contributed by atoms with van der Waals surface area (Å²) in [6.07, 6.45) is 2.26. The van der Waals surface area contributed by atoms with Crippen molar-refractivity contribution < 1.29 is 5.11 Å². The maximum atomic E-state index is 9.07. The fourth-order valence-corrected chi connectivity index (χ4v) is 1.64. The van der Waals surface area contributed by atoms with Crippen LogP contribution in [0, 0.1) is 11.8 Å². The van der Waals surface area contributed by atoms with Crippen molar-refractivity contribution in [2.24, 2.45) is 0 Å². The number of nitrogen functional groups attached to an aromatic ring is 1. The number of rotatable bonds is 3. The number of halogens is 1. The van der Waals surface area contributed by atoms with Crippen LogP contribution in [0.5, 0.6) is 0 Å². The van der Waals surface area contributed by atoms with E-state index in [1.54, 1.807) is 6.92 Å². The number of benzene rings is 1. The quantitative estimate of drug-likeness (QED) is 0.508. The van der Waals surface area contributed by atoms with Gasteiger partial charge in [-0.2, -0.15) is 0 Å². The van der Waals surface area contributed by atoms with Crippen LogP contribution in [0.3, 0.4) is 0 Å². The summed E-state index contributed by atoms with van der Waals surface area (Å²) in [6.45, 7) is 1.79. The van der Waals surface area contributed by atoms with Crippen molar-refractivity contribution in [2.45, 2.75) is 32.3 Å². The molecule has 0 aliphatic heterocycles. The third-order valence-electron chi connectivity index (χ3n) is 2.16. The maximum Gasteiger partial charge on any atom is 0.0512 e. The topological polar surface area (TPSA) is 46.2 Å². The van der Waals surface area contributed by atoms with Crippen LogP contribution in [0.4, 0.5) is 5.69 Å². The van der Waals surface area contributed by atoms with Gasteiger partial charge in [-0.1, -0.05) is 27.8 Å². The Bertz CT molecular complexity index is 404. The van der Waals surface area contributed by atoms with Gasteiger partial charge < -0.3 is 10.8 Å². The average molecular weight is 282 g/mol. The van der Waals surface area contributed by atoms with Gasteiger partial charge in [0.25, 0.3) is 0 Å². The van der Waals surface area contributed by atoms with E-state index in [0.717, 1.165) is 29.3 Å². The monoisotopic (exact) mass is 281 g/mol. The molecule has 3 N–H and O–H groups in total. The Kier molecular flexibility index (Phi) is 5.37. The first-order valence-corrected chi connectivity index (χ1v) is 6.11. The number of nitrogens with two attached hydrogens (primary N) is 1. The summed E-state index contributed by atoms with van der Waals surface area (Å²) in [5.41, 5.74) is 7.34. The Hall–Kier alpha value is -0.980. The Balaban J connectivity index is 2.53. The molecule has 1 atom stereocenters. The summed E-state index contributed by atoms with van der Waals surface area (Å²) in [6, 6.07) is 5.65. The number of unbranched alkanes of at least 4 members (excludes halogenated alkanes) is 1. The normalized spacial score (nSPS) is 11.7. The highest BCUT2D eigenvalue weighted by atomic mass is 79.9. The highest BCUT2D eigenvalue weighted by Gasteiger charge is 1.96. The zero-order chi connectivity index (χ0) is 12.0. The second-order valence-electron chi connectivity index (χ2n) is 3.77. The summed E-state index contributed by atoms with van der Waals surface area (Å²) in [5, 5.41) is 9.07. The predicted molar refractivity (Wildman–Crippen MR) is 71.0 cm³/mol. The van der Waals surface area contributed by atoms with Crippen LogP contribution in [0.25, 0.3) is 0 Å². The van der Waals surface area contributed by atoms with Crippen LogP contribution < -0.4 is 5.73 Å². The number of aliphatic hydroxyl groups excluding tert-OH is 1. The molecule has 16 heavy (non-hydrogen) atoms. The summed E-state index contributed by atoms with van der Waals surface area (Å²) in [5.74, 6) is 6.10. The van der Waals surface area contributed by atoms with E-state index in [1.807, 2.05) is 18.2 Å². The van der Waals surface area contributed by atoms with Gasteiger partial charge in [0.1, 0.15) is 0 Å². The molecule has 0 amide bonds.